The Labute approximate surface area is 176 Å². The molecule has 0 N–H and O–H groups in total. The second-order valence-electron chi connectivity index (χ2n) is 7.51. The maximum Gasteiger partial charge on any atom is 0.192 e. The molecule has 1 aliphatic rings. The number of hydrogen-bond donors (Lipinski definition) is 0. The fourth-order valence-corrected chi connectivity index (χ4v) is 5.28. The van der Waals surface area contributed by atoms with Crippen LogP contribution in [0.5, 0.6) is 0 Å². The molecule has 146 valence electrons. The SMILES string of the molecule is CC(C)=C1CC(C)/C(=C\Sc2nccc(C)n2)C(=Nc2ccc(C)cc2C)S1. The van der Waals surface area contributed by atoms with E-state index < -0.39 is 0 Å². The largest absolute Gasteiger partial charge is 0.241 e. The number of aromatic nitrogens is 2. The second-order valence-corrected chi connectivity index (χ2v) is 9.43. The van der Waals surface area contributed by atoms with Crippen molar-refractivity contribution in [3.63, 3.8) is 0 Å². The molecule has 1 atom stereocenters. The molecule has 2 aromatic rings. The van der Waals surface area contributed by atoms with E-state index in [0.717, 1.165) is 28.0 Å². The average molecular weight is 410 g/mol. The molecule has 0 spiro atoms. The van der Waals surface area contributed by atoms with Crippen molar-refractivity contribution in [2.75, 3.05) is 0 Å². The zero-order valence-electron chi connectivity index (χ0n) is 17.4. The van der Waals surface area contributed by atoms with Gasteiger partial charge in [0.15, 0.2) is 5.16 Å². The molecular formula is C23H27N3S2. The molecule has 3 rings (SSSR count). The Bertz CT molecular complexity index is 970. The van der Waals surface area contributed by atoms with Gasteiger partial charge in [-0.25, -0.2) is 15.0 Å². The van der Waals surface area contributed by atoms with Gasteiger partial charge in [-0.05, 0) is 80.5 Å². The molecule has 0 saturated carbocycles. The van der Waals surface area contributed by atoms with Gasteiger partial charge in [-0.2, -0.15) is 0 Å². The van der Waals surface area contributed by atoms with Crippen molar-refractivity contribution in [3.05, 3.63) is 68.7 Å². The van der Waals surface area contributed by atoms with Crippen molar-refractivity contribution < 1.29 is 0 Å². The van der Waals surface area contributed by atoms with Gasteiger partial charge in [-0.3, -0.25) is 0 Å². The Morgan fingerprint density at radius 1 is 1.21 bits per heavy atom. The summed E-state index contributed by atoms with van der Waals surface area (Å²) >= 11 is 3.39. The van der Waals surface area contributed by atoms with E-state index in [1.54, 1.807) is 23.5 Å². The lowest BCUT2D eigenvalue weighted by molar-refractivity contribution is 0.710. The van der Waals surface area contributed by atoms with E-state index >= 15 is 0 Å². The smallest absolute Gasteiger partial charge is 0.192 e. The van der Waals surface area contributed by atoms with E-state index in [0.29, 0.717) is 5.92 Å². The Morgan fingerprint density at radius 2 is 2.00 bits per heavy atom. The Hall–Kier alpha value is -1.85. The summed E-state index contributed by atoms with van der Waals surface area (Å²) in [6, 6.07) is 8.36. The van der Waals surface area contributed by atoms with Crippen LogP contribution in [0.1, 0.15) is 44.0 Å². The molecule has 0 radical (unpaired) electrons. The fraction of sp³-hybridized carbons (Fsp3) is 0.348. The summed E-state index contributed by atoms with van der Waals surface area (Å²) in [6.45, 7) is 12.9. The number of nitrogens with zero attached hydrogens (tertiary/aromatic N) is 3. The third-order valence-corrected chi connectivity index (χ3v) is 6.81. The van der Waals surface area contributed by atoms with Gasteiger partial charge in [-0.15, -0.1) is 0 Å². The first-order valence-electron chi connectivity index (χ1n) is 9.50. The molecule has 0 bridgehead atoms. The summed E-state index contributed by atoms with van der Waals surface area (Å²) in [7, 11) is 0. The quantitative estimate of drug-likeness (QED) is 0.398. The molecule has 1 aliphatic heterocycles. The van der Waals surface area contributed by atoms with Crippen molar-refractivity contribution in [1.29, 1.82) is 0 Å². The molecule has 1 aromatic heterocycles. The van der Waals surface area contributed by atoms with Crippen LogP contribution >= 0.6 is 23.5 Å². The van der Waals surface area contributed by atoms with Crippen LogP contribution in [0.4, 0.5) is 5.69 Å². The van der Waals surface area contributed by atoms with Crippen molar-refractivity contribution >= 4 is 34.3 Å². The van der Waals surface area contributed by atoms with Crippen LogP contribution in [0.15, 0.2) is 62.1 Å². The molecule has 1 saturated heterocycles. The number of thioether (sulfide) groups is 2. The molecule has 1 aromatic carbocycles. The maximum atomic E-state index is 5.08. The maximum absolute atomic E-state index is 5.08. The summed E-state index contributed by atoms with van der Waals surface area (Å²) < 4.78 is 0. The number of rotatable bonds is 3. The predicted octanol–water partition coefficient (Wildman–Crippen LogP) is 7.17. The first-order chi connectivity index (χ1) is 13.3. The van der Waals surface area contributed by atoms with Gasteiger partial charge >= 0.3 is 0 Å². The van der Waals surface area contributed by atoms with E-state index in [1.807, 2.05) is 19.2 Å². The number of allylic oxidation sites excluding steroid dienone is 2. The van der Waals surface area contributed by atoms with Crippen molar-refractivity contribution in [2.24, 2.45) is 10.9 Å². The van der Waals surface area contributed by atoms with E-state index in [9.17, 15) is 0 Å². The van der Waals surface area contributed by atoms with Crippen molar-refractivity contribution in [1.82, 2.24) is 9.97 Å². The highest BCUT2D eigenvalue weighted by molar-refractivity contribution is 8.17. The highest BCUT2D eigenvalue weighted by atomic mass is 32.2. The zero-order chi connectivity index (χ0) is 20.3. The molecule has 0 aliphatic carbocycles. The van der Waals surface area contributed by atoms with Crippen LogP contribution in [0.25, 0.3) is 0 Å². The van der Waals surface area contributed by atoms with Crippen LogP contribution in [-0.2, 0) is 0 Å². The van der Waals surface area contributed by atoms with Gasteiger partial charge in [0, 0.05) is 11.9 Å². The number of hydrogen-bond acceptors (Lipinski definition) is 5. The lowest BCUT2D eigenvalue weighted by Crippen LogP contribution is -2.15. The van der Waals surface area contributed by atoms with E-state index in [4.69, 9.17) is 4.99 Å². The second kappa shape index (κ2) is 9.10. The molecule has 1 unspecified atom stereocenters. The van der Waals surface area contributed by atoms with Gasteiger partial charge in [0.1, 0.15) is 5.04 Å². The monoisotopic (exact) mass is 409 g/mol. The minimum absolute atomic E-state index is 0.410. The van der Waals surface area contributed by atoms with Gasteiger partial charge < -0.3 is 0 Å². The third kappa shape index (κ3) is 5.15. The molecular weight excluding hydrogens is 382 g/mol. The van der Waals surface area contributed by atoms with E-state index in [1.165, 1.54) is 27.2 Å². The first kappa shape index (κ1) is 20.9. The summed E-state index contributed by atoms with van der Waals surface area (Å²) in [5.41, 5.74) is 7.14. The predicted molar refractivity (Wildman–Crippen MR) is 123 cm³/mol. The topological polar surface area (TPSA) is 38.1 Å². The van der Waals surface area contributed by atoms with Crippen LogP contribution in [0.2, 0.25) is 0 Å². The van der Waals surface area contributed by atoms with Gasteiger partial charge in [0.25, 0.3) is 0 Å². The van der Waals surface area contributed by atoms with Crippen LogP contribution < -0.4 is 0 Å². The lowest BCUT2D eigenvalue weighted by Gasteiger charge is -2.26. The summed E-state index contributed by atoms with van der Waals surface area (Å²) in [6.07, 6.45) is 2.87. The van der Waals surface area contributed by atoms with Crippen LogP contribution in [0.3, 0.4) is 0 Å². The third-order valence-electron chi connectivity index (χ3n) is 4.69. The van der Waals surface area contributed by atoms with Gasteiger partial charge in [-0.1, -0.05) is 53.7 Å². The molecule has 28 heavy (non-hydrogen) atoms. The molecule has 2 heterocycles. The summed E-state index contributed by atoms with van der Waals surface area (Å²) in [5, 5.41) is 4.06. The van der Waals surface area contributed by atoms with E-state index in [-0.39, 0.29) is 0 Å². The molecule has 3 nitrogen and oxygen atoms in total. The normalized spacial score (nSPS) is 20.1. The van der Waals surface area contributed by atoms with Gasteiger partial charge in [0.2, 0.25) is 0 Å². The van der Waals surface area contributed by atoms with Crippen LogP contribution in [0, 0.1) is 26.7 Å². The first-order valence-corrected chi connectivity index (χ1v) is 11.2. The Morgan fingerprint density at radius 3 is 2.68 bits per heavy atom. The molecule has 5 heteroatoms. The average Bonchev–Trinajstić information content (AvgIpc) is 2.63. The standard InChI is InChI=1S/C23H27N3S2/c1-14(2)21-12-16(4)19(13-27-23-24-10-9-18(6)25-23)22(28-21)26-20-8-7-15(3)11-17(20)5/h7-11,13,16H,12H2,1-6H3/b19-13+,26-22?. The number of aryl methyl sites for hydroxylation is 3. The highest BCUT2D eigenvalue weighted by Gasteiger charge is 2.26. The van der Waals surface area contributed by atoms with Crippen molar-refractivity contribution in [2.45, 2.75) is 53.1 Å². The highest BCUT2D eigenvalue weighted by Crippen LogP contribution is 2.42. The van der Waals surface area contributed by atoms with Crippen molar-refractivity contribution in [3.8, 4) is 0 Å². The summed E-state index contributed by atoms with van der Waals surface area (Å²) in [4.78, 5) is 15.4. The lowest BCUT2D eigenvalue weighted by atomic mass is 9.97. The summed E-state index contributed by atoms with van der Waals surface area (Å²) in [5.74, 6) is 0.410. The zero-order valence-corrected chi connectivity index (χ0v) is 19.0. The number of aliphatic imine (C=N–C) groups is 1. The van der Waals surface area contributed by atoms with Gasteiger partial charge in [0.05, 0.1) is 5.69 Å². The Balaban J connectivity index is 2.00. The fourth-order valence-electron chi connectivity index (χ4n) is 3.02. The van der Waals surface area contributed by atoms with E-state index in [2.05, 4.69) is 68.2 Å². The minimum Gasteiger partial charge on any atom is -0.241 e. The molecule has 0 amide bonds. The Kier molecular flexibility index (Phi) is 6.78. The minimum atomic E-state index is 0.410. The molecule has 1 fully saturated rings. The van der Waals surface area contributed by atoms with Crippen LogP contribution in [-0.4, -0.2) is 15.0 Å². The number of benzene rings is 1.